The van der Waals surface area contributed by atoms with E-state index < -0.39 is 0 Å². The molecule has 2 aromatic rings. The number of carbonyl (C=O) groups is 1. The number of aromatic nitrogens is 1. The van der Waals surface area contributed by atoms with E-state index in [4.69, 9.17) is 4.74 Å². The van der Waals surface area contributed by atoms with Crippen molar-refractivity contribution in [2.75, 3.05) is 40.4 Å². The standard InChI is InChI=1S/C23H31N3O3/c1-25(23(28)21-8-3-4-11-24-21)22(17-18-6-5-7-20(16-18)29-2)19-9-12-26(13-10-19)14-15-27/h3-8,11,16,19,22,27H,9-10,12-15,17H2,1-2H3. The second-order valence-electron chi connectivity index (χ2n) is 7.66. The lowest BCUT2D eigenvalue weighted by molar-refractivity contribution is 0.0571. The Morgan fingerprint density at radius 2 is 2.07 bits per heavy atom. The van der Waals surface area contributed by atoms with E-state index in [9.17, 15) is 9.90 Å². The van der Waals surface area contributed by atoms with Crippen LogP contribution in [0.4, 0.5) is 0 Å². The van der Waals surface area contributed by atoms with Crippen LogP contribution in [-0.2, 0) is 6.42 Å². The molecule has 1 aromatic heterocycles. The third-order valence-corrected chi connectivity index (χ3v) is 5.87. The SMILES string of the molecule is COc1cccc(CC(C2CCN(CCO)CC2)N(C)C(=O)c2ccccn2)c1. The molecule has 1 saturated heterocycles. The van der Waals surface area contributed by atoms with Gasteiger partial charge in [-0.05, 0) is 68.1 Å². The zero-order chi connectivity index (χ0) is 20.6. The summed E-state index contributed by atoms with van der Waals surface area (Å²) in [6.07, 6.45) is 4.45. The van der Waals surface area contributed by atoms with E-state index in [0.29, 0.717) is 11.6 Å². The Hall–Kier alpha value is -2.44. The van der Waals surface area contributed by atoms with Crippen LogP contribution in [0.15, 0.2) is 48.7 Å². The van der Waals surface area contributed by atoms with Gasteiger partial charge in [-0.2, -0.15) is 0 Å². The fourth-order valence-corrected chi connectivity index (χ4v) is 4.18. The van der Waals surface area contributed by atoms with Gasteiger partial charge in [-0.3, -0.25) is 9.78 Å². The van der Waals surface area contributed by atoms with Gasteiger partial charge in [-0.1, -0.05) is 18.2 Å². The average Bonchev–Trinajstić information content (AvgIpc) is 2.78. The molecule has 1 aromatic carbocycles. The van der Waals surface area contributed by atoms with E-state index in [1.807, 2.05) is 42.3 Å². The molecule has 0 radical (unpaired) electrons. The highest BCUT2D eigenvalue weighted by atomic mass is 16.5. The number of pyridine rings is 1. The molecule has 2 heterocycles. The number of hydrogen-bond acceptors (Lipinski definition) is 5. The number of likely N-dealkylation sites (tertiary alicyclic amines) is 1. The summed E-state index contributed by atoms with van der Waals surface area (Å²) < 4.78 is 5.38. The van der Waals surface area contributed by atoms with Crippen molar-refractivity contribution in [1.29, 1.82) is 0 Å². The molecule has 6 nitrogen and oxygen atoms in total. The number of amides is 1. The van der Waals surface area contributed by atoms with Crippen LogP contribution >= 0.6 is 0 Å². The minimum absolute atomic E-state index is 0.0451. The molecule has 1 unspecified atom stereocenters. The number of carbonyl (C=O) groups excluding carboxylic acids is 1. The summed E-state index contributed by atoms with van der Waals surface area (Å²) in [4.78, 5) is 21.5. The van der Waals surface area contributed by atoms with Gasteiger partial charge in [0.15, 0.2) is 0 Å². The lowest BCUT2D eigenvalue weighted by atomic mass is 9.84. The highest BCUT2D eigenvalue weighted by Gasteiger charge is 2.32. The number of ether oxygens (including phenoxy) is 1. The minimum Gasteiger partial charge on any atom is -0.497 e. The van der Waals surface area contributed by atoms with Gasteiger partial charge in [-0.15, -0.1) is 0 Å². The Morgan fingerprint density at radius 3 is 2.72 bits per heavy atom. The topological polar surface area (TPSA) is 65.9 Å². The van der Waals surface area contributed by atoms with Gasteiger partial charge in [0.2, 0.25) is 0 Å². The van der Waals surface area contributed by atoms with Crippen LogP contribution in [0.3, 0.4) is 0 Å². The van der Waals surface area contributed by atoms with Gasteiger partial charge in [0.25, 0.3) is 5.91 Å². The van der Waals surface area contributed by atoms with Crippen molar-refractivity contribution in [2.24, 2.45) is 5.92 Å². The largest absolute Gasteiger partial charge is 0.497 e. The Bertz CT molecular complexity index is 776. The molecule has 1 fully saturated rings. The molecule has 1 aliphatic rings. The lowest BCUT2D eigenvalue weighted by Crippen LogP contribution is -2.48. The van der Waals surface area contributed by atoms with Crippen molar-refractivity contribution in [2.45, 2.75) is 25.3 Å². The highest BCUT2D eigenvalue weighted by molar-refractivity contribution is 5.92. The molecule has 3 rings (SSSR count). The zero-order valence-corrected chi connectivity index (χ0v) is 17.3. The summed E-state index contributed by atoms with van der Waals surface area (Å²) in [7, 11) is 3.56. The summed E-state index contributed by atoms with van der Waals surface area (Å²) in [5.74, 6) is 1.18. The quantitative estimate of drug-likeness (QED) is 0.741. The van der Waals surface area contributed by atoms with Gasteiger partial charge in [0.1, 0.15) is 11.4 Å². The number of aliphatic hydroxyl groups excluding tert-OH is 1. The maximum atomic E-state index is 13.1. The molecule has 1 N–H and O–H groups in total. The number of methoxy groups -OCH3 is 1. The van der Waals surface area contributed by atoms with E-state index in [-0.39, 0.29) is 18.6 Å². The molecule has 1 atom stereocenters. The number of nitrogens with zero attached hydrogens (tertiary/aromatic N) is 3. The third-order valence-electron chi connectivity index (χ3n) is 5.87. The number of likely N-dealkylation sites (N-methyl/N-ethyl adjacent to an activating group) is 1. The number of piperidine rings is 1. The van der Waals surface area contributed by atoms with Gasteiger partial charge in [0, 0.05) is 25.8 Å². The van der Waals surface area contributed by atoms with Gasteiger partial charge in [-0.25, -0.2) is 0 Å². The molecule has 0 saturated carbocycles. The summed E-state index contributed by atoms with van der Waals surface area (Å²) in [5.41, 5.74) is 1.64. The van der Waals surface area contributed by atoms with E-state index in [2.05, 4.69) is 16.0 Å². The second-order valence-corrected chi connectivity index (χ2v) is 7.66. The molecule has 6 heteroatoms. The van der Waals surface area contributed by atoms with Gasteiger partial charge >= 0.3 is 0 Å². The van der Waals surface area contributed by atoms with Crippen LogP contribution in [-0.4, -0.2) is 72.2 Å². The van der Waals surface area contributed by atoms with Crippen molar-refractivity contribution < 1.29 is 14.6 Å². The Kier molecular flexibility index (Phi) is 7.61. The third kappa shape index (κ3) is 5.55. The Morgan fingerprint density at radius 1 is 1.28 bits per heavy atom. The molecule has 29 heavy (non-hydrogen) atoms. The summed E-state index contributed by atoms with van der Waals surface area (Å²) in [6.45, 7) is 2.81. The zero-order valence-electron chi connectivity index (χ0n) is 17.3. The number of benzene rings is 1. The summed E-state index contributed by atoms with van der Waals surface area (Å²) >= 11 is 0. The lowest BCUT2D eigenvalue weighted by Gasteiger charge is -2.40. The maximum Gasteiger partial charge on any atom is 0.272 e. The molecular weight excluding hydrogens is 366 g/mol. The molecule has 156 valence electrons. The van der Waals surface area contributed by atoms with Crippen molar-refractivity contribution >= 4 is 5.91 Å². The fraction of sp³-hybridized carbons (Fsp3) is 0.478. The molecular formula is C23H31N3O3. The number of rotatable bonds is 8. The van der Waals surface area contributed by atoms with E-state index in [1.165, 1.54) is 0 Å². The second kappa shape index (κ2) is 10.4. The van der Waals surface area contributed by atoms with Crippen LogP contribution in [0.1, 0.15) is 28.9 Å². The van der Waals surface area contributed by atoms with Crippen LogP contribution in [0.2, 0.25) is 0 Å². The van der Waals surface area contributed by atoms with Gasteiger partial charge < -0.3 is 19.6 Å². The number of aliphatic hydroxyl groups is 1. The first kappa shape index (κ1) is 21.3. The van der Waals surface area contributed by atoms with Crippen LogP contribution < -0.4 is 4.74 Å². The smallest absolute Gasteiger partial charge is 0.272 e. The monoisotopic (exact) mass is 397 g/mol. The minimum atomic E-state index is -0.0451. The molecule has 1 aliphatic heterocycles. The fourth-order valence-electron chi connectivity index (χ4n) is 4.18. The van der Waals surface area contributed by atoms with Crippen molar-refractivity contribution in [3.63, 3.8) is 0 Å². The maximum absolute atomic E-state index is 13.1. The van der Waals surface area contributed by atoms with E-state index >= 15 is 0 Å². The highest BCUT2D eigenvalue weighted by Crippen LogP contribution is 2.28. The first-order valence-electron chi connectivity index (χ1n) is 10.3. The molecule has 1 amide bonds. The van der Waals surface area contributed by atoms with Crippen LogP contribution in [0, 0.1) is 5.92 Å². The number of hydrogen-bond donors (Lipinski definition) is 1. The van der Waals surface area contributed by atoms with Crippen LogP contribution in [0.25, 0.3) is 0 Å². The van der Waals surface area contributed by atoms with Crippen molar-refractivity contribution in [1.82, 2.24) is 14.8 Å². The molecule has 0 spiro atoms. The van der Waals surface area contributed by atoms with Gasteiger partial charge in [0.05, 0.1) is 13.7 Å². The summed E-state index contributed by atoms with van der Waals surface area (Å²) in [5, 5.41) is 9.21. The van der Waals surface area contributed by atoms with Crippen molar-refractivity contribution in [3.8, 4) is 5.75 Å². The first-order chi connectivity index (χ1) is 14.1. The predicted octanol–water partition coefficient (Wildman–Crippen LogP) is 2.48. The molecule has 0 bridgehead atoms. The summed E-state index contributed by atoms with van der Waals surface area (Å²) in [6, 6.07) is 13.6. The predicted molar refractivity (Wildman–Crippen MR) is 113 cm³/mol. The van der Waals surface area contributed by atoms with E-state index in [1.54, 1.807) is 19.4 Å². The van der Waals surface area contributed by atoms with E-state index in [0.717, 1.165) is 50.2 Å². The Labute approximate surface area is 173 Å². The normalized spacial score (nSPS) is 16.4. The molecule has 0 aliphatic carbocycles. The first-order valence-corrected chi connectivity index (χ1v) is 10.3. The average molecular weight is 398 g/mol. The Balaban J connectivity index is 1.80. The number of β-amino-alcohol motifs (C(OH)–C–C–N with tert-alkyl or cyclic N) is 1. The van der Waals surface area contributed by atoms with Crippen LogP contribution in [0.5, 0.6) is 5.75 Å². The van der Waals surface area contributed by atoms with Crippen molar-refractivity contribution in [3.05, 3.63) is 59.9 Å².